The van der Waals surface area contributed by atoms with Crippen LogP contribution in [-0.2, 0) is 24.2 Å². The van der Waals surface area contributed by atoms with Gasteiger partial charge in [0, 0.05) is 23.7 Å². The first-order chi connectivity index (χ1) is 13.6. The highest BCUT2D eigenvalue weighted by molar-refractivity contribution is 7.99. The Morgan fingerprint density at radius 3 is 2.64 bits per heavy atom. The van der Waals surface area contributed by atoms with Crippen molar-refractivity contribution < 1.29 is 4.79 Å². The minimum Gasteiger partial charge on any atom is -0.325 e. The number of carbonyl (C=O) groups is 1. The van der Waals surface area contributed by atoms with Gasteiger partial charge in [0.25, 0.3) is 0 Å². The highest BCUT2D eigenvalue weighted by Crippen LogP contribution is 2.24. The molecule has 7 heteroatoms. The topological polar surface area (TPSA) is 59.8 Å². The van der Waals surface area contributed by atoms with Crippen molar-refractivity contribution in [3.8, 4) is 0 Å². The quantitative estimate of drug-likeness (QED) is 0.539. The van der Waals surface area contributed by atoms with Crippen LogP contribution in [0, 0.1) is 6.92 Å². The van der Waals surface area contributed by atoms with Gasteiger partial charge >= 0.3 is 0 Å². The highest BCUT2D eigenvalue weighted by atomic mass is 35.5. The number of benzene rings is 2. The maximum Gasteiger partial charge on any atom is 0.234 e. The first-order valence-corrected chi connectivity index (χ1v) is 10.6. The van der Waals surface area contributed by atoms with Crippen molar-refractivity contribution in [2.45, 2.75) is 38.4 Å². The summed E-state index contributed by atoms with van der Waals surface area (Å²) in [6, 6.07) is 15.8. The molecule has 0 aliphatic carbocycles. The molecule has 1 heterocycles. The van der Waals surface area contributed by atoms with Crippen LogP contribution in [0.5, 0.6) is 0 Å². The fraction of sp³-hybridized carbons (Fsp3) is 0.286. The zero-order valence-corrected chi connectivity index (χ0v) is 17.6. The Morgan fingerprint density at radius 2 is 1.89 bits per heavy atom. The number of rotatable bonds is 8. The number of anilines is 1. The van der Waals surface area contributed by atoms with Crippen molar-refractivity contribution in [2.24, 2.45) is 0 Å². The maximum atomic E-state index is 12.3. The van der Waals surface area contributed by atoms with E-state index in [1.54, 1.807) is 0 Å². The largest absolute Gasteiger partial charge is 0.325 e. The third-order valence-corrected chi connectivity index (χ3v) is 5.84. The number of aromatic nitrogens is 3. The summed E-state index contributed by atoms with van der Waals surface area (Å²) in [7, 11) is 0. The van der Waals surface area contributed by atoms with E-state index < -0.39 is 0 Å². The van der Waals surface area contributed by atoms with E-state index in [1.807, 2.05) is 43.3 Å². The van der Waals surface area contributed by atoms with Gasteiger partial charge in [-0.2, -0.15) is 0 Å². The summed E-state index contributed by atoms with van der Waals surface area (Å²) < 4.78 is 2.07. The normalized spacial score (nSPS) is 10.8. The SMILES string of the molecule is CCn1c(CCc2ccccc2)nnc1SCC(=O)Nc1cccc(Cl)c1C. The molecule has 28 heavy (non-hydrogen) atoms. The second kappa shape index (κ2) is 9.75. The van der Waals surface area contributed by atoms with E-state index in [1.165, 1.54) is 17.3 Å². The summed E-state index contributed by atoms with van der Waals surface area (Å²) in [4.78, 5) is 12.3. The number of carbonyl (C=O) groups excluding carboxylic acids is 1. The standard InChI is InChI=1S/C21H23ClN4OS/c1-3-26-19(13-12-16-8-5-4-6-9-16)24-25-21(26)28-14-20(27)23-18-11-7-10-17(22)15(18)2/h4-11H,3,12-14H2,1-2H3,(H,23,27). The van der Waals surface area contributed by atoms with Gasteiger partial charge in [-0.3, -0.25) is 4.79 Å². The Morgan fingerprint density at radius 1 is 1.11 bits per heavy atom. The first kappa shape index (κ1) is 20.4. The molecule has 3 rings (SSSR count). The lowest BCUT2D eigenvalue weighted by Gasteiger charge is -2.10. The van der Waals surface area contributed by atoms with E-state index >= 15 is 0 Å². The Labute approximate surface area is 174 Å². The molecule has 0 unspecified atom stereocenters. The number of nitrogens with zero attached hydrogens (tertiary/aromatic N) is 3. The van der Waals surface area contributed by atoms with Crippen LogP contribution in [0.25, 0.3) is 0 Å². The number of aryl methyl sites for hydroxylation is 2. The van der Waals surface area contributed by atoms with Gasteiger partial charge in [-0.25, -0.2) is 0 Å². The first-order valence-electron chi connectivity index (χ1n) is 9.22. The van der Waals surface area contributed by atoms with Gasteiger partial charge in [0.05, 0.1) is 5.75 Å². The van der Waals surface area contributed by atoms with Gasteiger partial charge in [-0.15, -0.1) is 10.2 Å². The van der Waals surface area contributed by atoms with Crippen molar-refractivity contribution in [3.05, 3.63) is 70.5 Å². The summed E-state index contributed by atoms with van der Waals surface area (Å²) in [5, 5.41) is 12.9. The van der Waals surface area contributed by atoms with E-state index in [0.717, 1.165) is 41.6 Å². The molecule has 0 fully saturated rings. The van der Waals surface area contributed by atoms with Crippen LogP contribution in [0.1, 0.15) is 23.9 Å². The lowest BCUT2D eigenvalue weighted by molar-refractivity contribution is -0.113. The molecule has 0 atom stereocenters. The van der Waals surface area contributed by atoms with Crippen molar-refractivity contribution in [2.75, 3.05) is 11.1 Å². The fourth-order valence-electron chi connectivity index (χ4n) is 2.89. The molecule has 5 nitrogen and oxygen atoms in total. The van der Waals surface area contributed by atoms with Crippen molar-refractivity contribution >= 4 is 35.0 Å². The van der Waals surface area contributed by atoms with Gasteiger partial charge < -0.3 is 9.88 Å². The molecule has 0 saturated heterocycles. The predicted octanol–water partition coefficient (Wildman–Crippen LogP) is 4.78. The van der Waals surface area contributed by atoms with Crippen molar-refractivity contribution in [1.29, 1.82) is 0 Å². The second-order valence-electron chi connectivity index (χ2n) is 6.38. The molecular weight excluding hydrogens is 392 g/mol. The Kier molecular flexibility index (Phi) is 7.12. The van der Waals surface area contributed by atoms with Crippen molar-refractivity contribution in [1.82, 2.24) is 14.8 Å². The average Bonchev–Trinajstić information content (AvgIpc) is 3.11. The molecule has 0 spiro atoms. The Bertz CT molecular complexity index is 943. The van der Waals surface area contributed by atoms with Gasteiger partial charge in [0.2, 0.25) is 5.91 Å². The lowest BCUT2D eigenvalue weighted by atomic mass is 10.1. The van der Waals surface area contributed by atoms with E-state index in [9.17, 15) is 4.79 Å². The summed E-state index contributed by atoms with van der Waals surface area (Å²) in [5.74, 6) is 1.12. The van der Waals surface area contributed by atoms with Gasteiger partial charge in [0.1, 0.15) is 5.82 Å². The zero-order chi connectivity index (χ0) is 19.9. The summed E-state index contributed by atoms with van der Waals surface area (Å²) in [6.07, 6.45) is 1.73. The molecule has 2 aromatic carbocycles. The maximum absolute atomic E-state index is 12.3. The summed E-state index contributed by atoms with van der Waals surface area (Å²) in [6.45, 7) is 4.72. The molecule has 3 aromatic rings. The zero-order valence-electron chi connectivity index (χ0n) is 16.0. The average molecular weight is 415 g/mol. The summed E-state index contributed by atoms with van der Waals surface area (Å²) >= 11 is 7.50. The molecule has 0 aliphatic rings. The molecular formula is C21H23ClN4OS. The third-order valence-electron chi connectivity index (χ3n) is 4.46. The third kappa shape index (κ3) is 5.14. The Hall–Kier alpha value is -2.31. The smallest absolute Gasteiger partial charge is 0.234 e. The molecule has 146 valence electrons. The fourth-order valence-corrected chi connectivity index (χ4v) is 3.88. The molecule has 0 radical (unpaired) electrons. The van der Waals surface area contributed by atoms with Gasteiger partial charge in [0.15, 0.2) is 5.16 Å². The molecule has 0 bridgehead atoms. The van der Waals surface area contributed by atoms with Crippen molar-refractivity contribution in [3.63, 3.8) is 0 Å². The van der Waals surface area contributed by atoms with Crippen LogP contribution in [0.3, 0.4) is 0 Å². The highest BCUT2D eigenvalue weighted by Gasteiger charge is 2.14. The van der Waals surface area contributed by atoms with E-state index in [4.69, 9.17) is 11.6 Å². The van der Waals surface area contributed by atoms with E-state index in [2.05, 4.69) is 39.1 Å². The number of halogens is 1. The molecule has 0 saturated carbocycles. The van der Waals surface area contributed by atoms with E-state index in [-0.39, 0.29) is 11.7 Å². The van der Waals surface area contributed by atoms with Crippen LogP contribution in [0.15, 0.2) is 53.7 Å². The van der Waals surface area contributed by atoms with Crippen LogP contribution >= 0.6 is 23.4 Å². The van der Waals surface area contributed by atoms with Crippen LogP contribution in [0.2, 0.25) is 5.02 Å². The van der Waals surface area contributed by atoms with Gasteiger partial charge in [-0.1, -0.05) is 59.8 Å². The van der Waals surface area contributed by atoms with Crippen LogP contribution in [0.4, 0.5) is 5.69 Å². The molecule has 1 N–H and O–H groups in total. The number of hydrogen-bond donors (Lipinski definition) is 1. The monoisotopic (exact) mass is 414 g/mol. The van der Waals surface area contributed by atoms with Crippen LogP contribution in [-0.4, -0.2) is 26.4 Å². The number of hydrogen-bond acceptors (Lipinski definition) is 4. The Balaban J connectivity index is 1.59. The summed E-state index contributed by atoms with van der Waals surface area (Å²) in [5.41, 5.74) is 2.87. The number of nitrogens with one attached hydrogen (secondary N) is 1. The minimum atomic E-state index is -0.0909. The number of thioether (sulfide) groups is 1. The predicted molar refractivity (Wildman–Crippen MR) is 115 cm³/mol. The van der Waals surface area contributed by atoms with E-state index in [0.29, 0.717) is 5.02 Å². The molecule has 1 aromatic heterocycles. The molecule has 1 amide bonds. The van der Waals surface area contributed by atoms with Gasteiger partial charge in [-0.05, 0) is 43.5 Å². The number of amides is 1. The lowest BCUT2D eigenvalue weighted by Crippen LogP contribution is -2.15. The second-order valence-corrected chi connectivity index (χ2v) is 7.73. The molecule has 0 aliphatic heterocycles. The minimum absolute atomic E-state index is 0.0909. The van der Waals surface area contributed by atoms with Crippen LogP contribution < -0.4 is 5.32 Å².